The van der Waals surface area contributed by atoms with Crippen molar-refractivity contribution in [2.75, 3.05) is 18.1 Å². The molecule has 0 radical (unpaired) electrons. The molecule has 2 fully saturated rings. The van der Waals surface area contributed by atoms with E-state index in [1.807, 2.05) is 42.5 Å². The second-order valence-corrected chi connectivity index (χ2v) is 7.19. The SMILES string of the molecule is O=C1C[C@@H](N2CCCC[C@@H]2CCO)C(=O)N1c1cccc2ccccc12. The summed E-state index contributed by atoms with van der Waals surface area (Å²) < 4.78 is 0. The van der Waals surface area contributed by atoms with Crippen LogP contribution in [0.4, 0.5) is 5.69 Å². The summed E-state index contributed by atoms with van der Waals surface area (Å²) in [6.45, 7) is 0.931. The lowest BCUT2D eigenvalue weighted by atomic mass is 9.97. The first kappa shape index (κ1) is 17.2. The van der Waals surface area contributed by atoms with Gasteiger partial charge in [-0.1, -0.05) is 42.8 Å². The molecule has 2 aromatic rings. The van der Waals surface area contributed by atoms with Gasteiger partial charge < -0.3 is 5.11 Å². The van der Waals surface area contributed by atoms with Crippen LogP contribution in [0.5, 0.6) is 0 Å². The van der Waals surface area contributed by atoms with Crippen molar-refractivity contribution in [2.45, 2.75) is 44.2 Å². The summed E-state index contributed by atoms with van der Waals surface area (Å²) in [7, 11) is 0. The fourth-order valence-corrected chi connectivity index (χ4v) is 4.42. The van der Waals surface area contributed by atoms with Gasteiger partial charge in [-0.2, -0.15) is 0 Å². The van der Waals surface area contributed by atoms with Gasteiger partial charge in [0, 0.05) is 18.0 Å². The average molecular weight is 352 g/mol. The normalized spacial score (nSPS) is 24.6. The van der Waals surface area contributed by atoms with Gasteiger partial charge in [0.2, 0.25) is 5.91 Å². The Morgan fingerprint density at radius 3 is 2.69 bits per heavy atom. The molecule has 0 spiro atoms. The lowest BCUT2D eigenvalue weighted by Crippen LogP contribution is -2.50. The maximum Gasteiger partial charge on any atom is 0.251 e. The number of benzene rings is 2. The number of nitrogens with zero attached hydrogens (tertiary/aromatic N) is 2. The van der Waals surface area contributed by atoms with Gasteiger partial charge in [-0.15, -0.1) is 0 Å². The van der Waals surface area contributed by atoms with Gasteiger partial charge in [-0.3, -0.25) is 14.5 Å². The summed E-state index contributed by atoms with van der Waals surface area (Å²) in [6.07, 6.45) is 4.01. The van der Waals surface area contributed by atoms with E-state index in [9.17, 15) is 14.7 Å². The lowest BCUT2D eigenvalue weighted by Gasteiger charge is -2.38. The van der Waals surface area contributed by atoms with Crippen molar-refractivity contribution in [3.8, 4) is 0 Å². The standard InChI is InChI=1S/C21H24N2O3/c24-13-11-16-8-3-4-12-22(16)19-14-20(25)23(21(19)26)18-10-5-7-15-6-1-2-9-17(15)18/h1-2,5-7,9-10,16,19,24H,3-4,8,11-14H2/t16-,19-/m1/s1. The van der Waals surface area contributed by atoms with Gasteiger partial charge in [0.05, 0.1) is 18.2 Å². The van der Waals surface area contributed by atoms with E-state index in [-0.39, 0.29) is 30.9 Å². The molecule has 5 nitrogen and oxygen atoms in total. The third kappa shape index (κ3) is 2.91. The third-order valence-electron chi connectivity index (χ3n) is 5.67. The lowest BCUT2D eigenvalue weighted by molar-refractivity contribution is -0.123. The maximum absolute atomic E-state index is 13.2. The summed E-state index contributed by atoms with van der Waals surface area (Å²) in [5, 5.41) is 11.3. The van der Waals surface area contributed by atoms with Crippen LogP contribution < -0.4 is 4.90 Å². The Morgan fingerprint density at radius 2 is 1.85 bits per heavy atom. The fraction of sp³-hybridized carbons (Fsp3) is 0.429. The van der Waals surface area contributed by atoms with E-state index in [0.29, 0.717) is 12.1 Å². The number of amides is 2. The van der Waals surface area contributed by atoms with E-state index < -0.39 is 6.04 Å². The van der Waals surface area contributed by atoms with Crippen LogP contribution in [0.25, 0.3) is 10.8 Å². The number of fused-ring (bicyclic) bond motifs is 1. The molecule has 1 N–H and O–H groups in total. The molecule has 4 rings (SSSR count). The van der Waals surface area contributed by atoms with E-state index >= 15 is 0 Å². The topological polar surface area (TPSA) is 60.9 Å². The van der Waals surface area contributed by atoms with Crippen LogP contribution in [0, 0.1) is 0 Å². The Morgan fingerprint density at radius 1 is 1.04 bits per heavy atom. The minimum atomic E-state index is -0.404. The molecule has 0 aliphatic carbocycles. The molecular formula is C21H24N2O3. The molecule has 2 saturated heterocycles. The summed E-state index contributed by atoms with van der Waals surface area (Å²) in [5.41, 5.74) is 0.677. The fourth-order valence-electron chi connectivity index (χ4n) is 4.42. The number of rotatable bonds is 4. The average Bonchev–Trinajstić information content (AvgIpc) is 2.96. The molecule has 5 heteroatoms. The highest BCUT2D eigenvalue weighted by Gasteiger charge is 2.45. The molecule has 136 valence electrons. The number of piperidine rings is 1. The predicted octanol–water partition coefficient (Wildman–Crippen LogP) is 2.71. The smallest absolute Gasteiger partial charge is 0.251 e. The minimum Gasteiger partial charge on any atom is -0.396 e. The molecule has 2 heterocycles. The van der Waals surface area contributed by atoms with E-state index in [0.717, 1.165) is 36.6 Å². The molecule has 0 aromatic heterocycles. The zero-order valence-electron chi connectivity index (χ0n) is 14.8. The monoisotopic (exact) mass is 352 g/mol. The van der Waals surface area contributed by atoms with Gasteiger partial charge in [0.1, 0.15) is 0 Å². The molecule has 0 bridgehead atoms. The summed E-state index contributed by atoms with van der Waals surface area (Å²) >= 11 is 0. The Hall–Kier alpha value is -2.24. The van der Waals surface area contributed by atoms with Crippen LogP contribution in [0.15, 0.2) is 42.5 Å². The molecule has 0 unspecified atom stereocenters. The van der Waals surface area contributed by atoms with E-state index in [2.05, 4.69) is 4.90 Å². The largest absolute Gasteiger partial charge is 0.396 e. The Bertz CT molecular complexity index is 828. The molecule has 2 aliphatic rings. The summed E-state index contributed by atoms with van der Waals surface area (Å²) in [4.78, 5) is 29.5. The van der Waals surface area contributed by atoms with Crippen LogP contribution in [0.2, 0.25) is 0 Å². The zero-order chi connectivity index (χ0) is 18.1. The van der Waals surface area contributed by atoms with Crippen molar-refractivity contribution in [1.29, 1.82) is 0 Å². The van der Waals surface area contributed by atoms with Crippen molar-refractivity contribution >= 4 is 28.3 Å². The molecular weight excluding hydrogens is 328 g/mol. The van der Waals surface area contributed by atoms with Crippen LogP contribution in [0.1, 0.15) is 32.1 Å². The number of carbonyl (C=O) groups excluding carboxylic acids is 2. The van der Waals surface area contributed by atoms with Crippen molar-refractivity contribution in [3.05, 3.63) is 42.5 Å². The molecule has 2 aromatic carbocycles. The first-order valence-electron chi connectivity index (χ1n) is 9.42. The minimum absolute atomic E-state index is 0.114. The number of aliphatic hydroxyl groups is 1. The van der Waals surface area contributed by atoms with E-state index in [1.165, 1.54) is 4.90 Å². The van der Waals surface area contributed by atoms with E-state index in [4.69, 9.17) is 0 Å². The molecule has 2 atom stereocenters. The van der Waals surface area contributed by atoms with Crippen LogP contribution in [0.3, 0.4) is 0 Å². The number of carbonyl (C=O) groups is 2. The van der Waals surface area contributed by atoms with Gasteiger partial charge in [0.25, 0.3) is 5.91 Å². The summed E-state index contributed by atoms with van der Waals surface area (Å²) in [6, 6.07) is 13.3. The van der Waals surface area contributed by atoms with Crippen molar-refractivity contribution in [1.82, 2.24) is 4.90 Å². The molecule has 2 aliphatic heterocycles. The second kappa shape index (κ2) is 7.17. The molecule has 26 heavy (non-hydrogen) atoms. The van der Waals surface area contributed by atoms with Crippen molar-refractivity contribution < 1.29 is 14.7 Å². The highest BCUT2D eigenvalue weighted by Crippen LogP contribution is 2.34. The quantitative estimate of drug-likeness (QED) is 0.860. The van der Waals surface area contributed by atoms with Crippen molar-refractivity contribution in [3.63, 3.8) is 0 Å². The molecule has 0 saturated carbocycles. The number of imide groups is 1. The highest BCUT2D eigenvalue weighted by atomic mass is 16.3. The van der Waals surface area contributed by atoms with Gasteiger partial charge >= 0.3 is 0 Å². The van der Waals surface area contributed by atoms with Crippen LogP contribution >= 0.6 is 0 Å². The number of likely N-dealkylation sites (tertiary alicyclic amines) is 1. The first-order chi connectivity index (χ1) is 12.7. The third-order valence-corrected chi connectivity index (χ3v) is 5.67. The van der Waals surface area contributed by atoms with Gasteiger partial charge in [-0.25, -0.2) is 4.90 Å². The van der Waals surface area contributed by atoms with E-state index in [1.54, 1.807) is 0 Å². The highest BCUT2D eigenvalue weighted by molar-refractivity contribution is 6.25. The number of aliphatic hydroxyl groups excluding tert-OH is 1. The van der Waals surface area contributed by atoms with Crippen LogP contribution in [-0.4, -0.2) is 47.1 Å². The number of hydrogen-bond acceptors (Lipinski definition) is 4. The van der Waals surface area contributed by atoms with Crippen molar-refractivity contribution in [2.24, 2.45) is 0 Å². The Kier molecular flexibility index (Phi) is 4.74. The second-order valence-electron chi connectivity index (χ2n) is 7.19. The van der Waals surface area contributed by atoms with Gasteiger partial charge in [0.15, 0.2) is 0 Å². The van der Waals surface area contributed by atoms with Crippen LogP contribution in [-0.2, 0) is 9.59 Å². The maximum atomic E-state index is 13.2. The first-order valence-corrected chi connectivity index (χ1v) is 9.42. The molecule has 2 amide bonds. The Balaban J connectivity index is 1.67. The number of hydrogen-bond donors (Lipinski definition) is 1. The van der Waals surface area contributed by atoms with Gasteiger partial charge in [-0.05, 0) is 37.3 Å². The zero-order valence-corrected chi connectivity index (χ0v) is 14.8. The number of anilines is 1. The Labute approximate surface area is 153 Å². The predicted molar refractivity (Wildman–Crippen MR) is 101 cm³/mol. The summed E-state index contributed by atoms with van der Waals surface area (Å²) in [5.74, 6) is -0.263.